The van der Waals surface area contributed by atoms with Crippen molar-refractivity contribution in [3.05, 3.63) is 29.8 Å². The van der Waals surface area contributed by atoms with E-state index in [9.17, 15) is 8.78 Å². The summed E-state index contributed by atoms with van der Waals surface area (Å²) >= 11 is 0. The highest BCUT2D eigenvalue weighted by atomic mass is 19.1. The van der Waals surface area contributed by atoms with Crippen LogP contribution in [0.1, 0.15) is 59.8 Å². The van der Waals surface area contributed by atoms with E-state index >= 15 is 0 Å². The maximum absolute atomic E-state index is 14.1. The summed E-state index contributed by atoms with van der Waals surface area (Å²) in [6.07, 6.45) is 5.62. The normalized spacial score (nSPS) is 11.7. The van der Waals surface area contributed by atoms with Crippen molar-refractivity contribution in [3.8, 4) is 0 Å². The monoisotopic (exact) mass is 297 g/mol. The second-order valence-corrected chi connectivity index (χ2v) is 6.60. The lowest BCUT2D eigenvalue weighted by molar-refractivity contribution is 0.349. The lowest BCUT2D eigenvalue weighted by Crippen LogP contribution is -2.35. The molecule has 0 saturated carbocycles. The molecule has 1 rings (SSSR count). The molecular formula is C18H29F2N. The molecule has 0 aromatic heterocycles. The van der Waals surface area contributed by atoms with Crippen molar-refractivity contribution in [2.24, 2.45) is 5.41 Å². The maximum atomic E-state index is 14.1. The van der Waals surface area contributed by atoms with E-state index in [1.807, 2.05) is 0 Å². The Kier molecular flexibility index (Phi) is 7.13. The Balaban J connectivity index is 2.84. The molecule has 21 heavy (non-hydrogen) atoms. The first-order valence-corrected chi connectivity index (χ1v) is 8.09. The van der Waals surface area contributed by atoms with Gasteiger partial charge in [0.2, 0.25) is 0 Å². The average molecular weight is 297 g/mol. The Bertz CT molecular complexity index is 429. The lowest BCUT2D eigenvalue weighted by Gasteiger charge is -2.34. The largest absolute Gasteiger partial charge is 0.369 e. The van der Waals surface area contributed by atoms with Gasteiger partial charge in [-0.25, -0.2) is 8.78 Å². The van der Waals surface area contributed by atoms with Gasteiger partial charge >= 0.3 is 0 Å². The van der Waals surface area contributed by atoms with Crippen molar-refractivity contribution in [1.29, 1.82) is 0 Å². The minimum absolute atomic E-state index is 0.117. The van der Waals surface area contributed by atoms with E-state index in [0.717, 1.165) is 38.4 Å². The third-order valence-electron chi connectivity index (χ3n) is 4.11. The molecule has 0 aliphatic heterocycles. The van der Waals surface area contributed by atoms with Crippen LogP contribution in [0.25, 0.3) is 0 Å². The predicted octanol–water partition coefficient (Wildman–Crippen LogP) is 5.79. The first kappa shape index (κ1) is 17.9. The van der Waals surface area contributed by atoms with Crippen LogP contribution >= 0.6 is 0 Å². The molecule has 0 radical (unpaired) electrons. The fourth-order valence-electron chi connectivity index (χ4n) is 2.38. The molecule has 0 aliphatic carbocycles. The minimum atomic E-state index is -0.517. The van der Waals surface area contributed by atoms with E-state index in [2.05, 4.69) is 32.6 Å². The van der Waals surface area contributed by atoms with Crippen molar-refractivity contribution < 1.29 is 8.78 Å². The summed E-state index contributed by atoms with van der Waals surface area (Å²) in [4.78, 5) is 2.08. The third kappa shape index (κ3) is 6.03. The van der Waals surface area contributed by atoms with Gasteiger partial charge in [0.25, 0.3) is 0 Å². The molecule has 120 valence electrons. The minimum Gasteiger partial charge on any atom is -0.369 e. The van der Waals surface area contributed by atoms with Crippen LogP contribution in [0.5, 0.6) is 0 Å². The van der Waals surface area contributed by atoms with Gasteiger partial charge in [-0.15, -0.1) is 0 Å². The van der Waals surface area contributed by atoms with Crippen LogP contribution in [0, 0.1) is 17.0 Å². The van der Waals surface area contributed by atoms with Gasteiger partial charge < -0.3 is 4.90 Å². The fourth-order valence-corrected chi connectivity index (χ4v) is 2.38. The molecule has 1 aromatic carbocycles. The zero-order valence-electron chi connectivity index (χ0n) is 13.9. The third-order valence-corrected chi connectivity index (χ3v) is 4.11. The summed E-state index contributed by atoms with van der Waals surface area (Å²) in [5, 5.41) is 0. The number of unbranched alkanes of at least 4 members (excludes halogenated alkanes) is 3. The zero-order valence-corrected chi connectivity index (χ0v) is 13.9. The number of hydrogen-bond donors (Lipinski definition) is 0. The summed E-state index contributed by atoms with van der Waals surface area (Å²) in [5.74, 6) is -0.977. The Morgan fingerprint density at radius 2 is 1.76 bits per heavy atom. The molecule has 0 heterocycles. The van der Waals surface area contributed by atoms with E-state index in [0.29, 0.717) is 5.69 Å². The van der Waals surface area contributed by atoms with Crippen molar-refractivity contribution in [2.45, 2.75) is 59.8 Å². The van der Waals surface area contributed by atoms with Crippen LogP contribution < -0.4 is 4.90 Å². The Morgan fingerprint density at radius 3 is 2.33 bits per heavy atom. The van der Waals surface area contributed by atoms with Crippen LogP contribution in [-0.4, -0.2) is 13.1 Å². The Hall–Kier alpha value is -1.12. The van der Waals surface area contributed by atoms with Crippen LogP contribution in [0.4, 0.5) is 14.5 Å². The summed E-state index contributed by atoms with van der Waals surface area (Å²) < 4.78 is 27.2. The SMILES string of the molecule is CCCCCCN(CC(C)(C)CC)c1ccc(F)cc1F. The van der Waals surface area contributed by atoms with E-state index in [4.69, 9.17) is 0 Å². The van der Waals surface area contributed by atoms with E-state index in [1.54, 1.807) is 6.07 Å². The fraction of sp³-hybridized carbons (Fsp3) is 0.667. The topological polar surface area (TPSA) is 3.24 Å². The molecule has 0 amide bonds. The van der Waals surface area contributed by atoms with Gasteiger partial charge in [-0.05, 0) is 30.4 Å². The van der Waals surface area contributed by atoms with E-state index < -0.39 is 11.6 Å². The summed E-state index contributed by atoms with van der Waals surface area (Å²) in [5.41, 5.74) is 0.639. The maximum Gasteiger partial charge on any atom is 0.149 e. The molecular weight excluding hydrogens is 268 g/mol. The van der Waals surface area contributed by atoms with E-state index in [1.165, 1.54) is 18.9 Å². The first-order chi connectivity index (χ1) is 9.89. The van der Waals surface area contributed by atoms with Crippen molar-refractivity contribution >= 4 is 5.69 Å². The molecule has 0 saturated heterocycles. The van der Waals surface area contributed by atoms with Crippen LogP contribution in [0.15, 0.2) is 18.2 Å². The van der Waals surface area contributed by atoms with Gasteiger partial charge in [0.1, 0.15) is 11.6 Å². The van der Waals surface area contributed by atoms with Crippen molar-refractivity contribution in [3.63, 3.8) is 0 Å². The van der Waals surface area contributed by atoms with Crippen LogP contribution in [0.3, 0.4) is 0 Å². The number of hydrogen-bond acceptors (Lipinski definition) is 1. The first-order valence-electron chi connectivity index (χ1n) is 8.09. The highest BCUT2D eigenvalue weighted by Gasteiger charge is 2.22. The molecule has 0 N–H and O–H groups in total. The highest BCUT2D eigenvalue weighted by molar-refractivity contribution is 5.48. The second-order valence-electron chi connectivity index (χ2n) is 6.60. The van der Waals surface area contributed by atoms with Crippen LogP contribution in [0.2, 0.25) is 0 Å². The predicted molar refractivity (Wildman–Crippen MR) is 86.8 cm³/mol. The summed E-state index contributed by atoms with van der Waals surface area (Å²) in [6, 6.07) is 3.89. The van der Waals surface area contributed by atoms with Gasteiger partial charge in [0, 0.05) is 19.2 Å². The average Bonchev–Trinajstić information content (AvgIpc) is 2.42. The van der Waals surface area contributed by atoms with Crippen molar-refractivity contribution in [2.75, 3.05) is 18.0 Å². The number of halogens is 2. The van der Waals surface area contributed by atoms with Crippen LogP contribution in [-0.2, 0) is 0 Å². The van der Waals surface area contributed by atoms with Gasteiger partial charge in [-0.3, -0.25) is 0 Å². The molecule has 0 atom stereocenters. The smallest absolute Gasteiger partial charge is 0.149 e. The summed E-state index contributed by atoms with van der Waals surface area (Å²) in [6.45, 7) is 10.3. The second kappa shape index (κ2) is 8.35. The van der Waals surface area contributed by atoms with Gasteiger partial charge in [0.05, 0.1) is 5.69 Å². The Labute approximate surface area is 128 Å². The molecule has 0 fully saturated rings. The van der Waals surface area contributed by atoms with Crippen molar-refractivity contribution in [1.82, 2.24) is 0 Å². The van der Waals surface area contributed by atoms with Gasteiger partial charge in [-0.2, -0.15) is 0 Å². The van der Waals surface area contributed by atoms with Gasteiger partial charge in [0.15, 0.2) is 0 Å². The lowest BCUT2D eigenvalue weighted by atomic mass is 9.89. The number of rotatable bonds is 9. The zero-order chi connectivity index (χ0) is 15.9. The molecule has 0 bridgehead atoms. The molecule has 1 nitrogen and oxygen atoms in total. The Morgan fingerprint density at radius 1 is 1.05 bits per heavy atom. The number of nitrogens with zero attached hydrogens (tertiary/aromatic N) is 1. The van der Waals surface area contributed by atoms with Gasteiger partial charge in [-0.1, -0.05) is 47.0 Å². The van der Waals surface area contributed by atoms with E-state index in [-0.39, 0.29) is 5.41 Å². The molecule has 0 aliphatic rings. The summed E-state index contributed by atoms with van der Waals surface area (Å²) in [7, 11) is 0. The number of benzene rings is 1. The molecule has 1 aromatic rings. The standard InChI is InChI=1S/C18H29F2N/c1-5-7-8-9-12-21(14-18(3,4)6-2)17-11-10-15(19)13-16(17)20/h10-11,13H,5-9,12,14H2,1-4H3. The quantitative estimate of drug-likeness (QED) is 0.522. The molecule has 0 unspecified atom stereocenters. The highest BCUT2D eigenvalue weighted by Crippen LogP contribution is 2.27. The number of anilines is 1. The molecule has 0 spiro atoms. The molecule has 3 heteroatoms.